The van der Waals surface area contributed by atoms with E-state index >= 15 is 0 Å². The fraction of sp³-hybridized carbons (Fsp3) is 0.667. The van der Waals surface area contributed by atoms with Crippen LogP contribution in [0.15, 0.2) is 0 Å². The predicted octanol–water partition coefficient (Wildman–Crippen LogP) is -0.415. The van der Waals surface area contributed by atoms with Gasteiger partial charge in [-0.2, -0.15) is 4.80 Å². The summed E-state index contributed by atoms with van der Waals surface area (Å²) in [5, 5.41) is 24.9. The van der Waals surface area contributed by atoms with E-state index in [0.717, 1.165) is 0 Å². The molecule has 0 aliphatic heterocycles. The van der Waals surface area contributed by atoms with Crippen LogP contribution < -0.4 is 10.6 Å². The molecule has 1 aliphatic rings. The smallest absolute Gasteiger partial charge is 0.321 e. The molecule has 98 valence electrons. The van der Waals surface area contributed by atoms with Crippen LogP contribution in [-0.4, -0.2) is 43.4 Å². The lowest BCUT2D eigenvalue weighted by atomic mass is 10.1. The number of carboxylic acid groups (broad SMARTS) is 1. The van der Waals surface area contributed by atoms with E-state index in [1.54, 1.807) is 7.05 Å². The zero-order chi connectivity index (χ0) is 13.1. The summed E-state index contributed by atoms with van der Waals surface area (Å²) in [7, 11) is 1.59. The standard InChI is InChI=1S/C9H14N6O3/c1-15-13-8(12-14-15)11-9(18)10-6-3-2-5(4-6)7(16)17/h5-6H,2-4H2,1H3,(H,16,17)(H2,10,11,13,18). The average molecular weight is 254 g/mol. The molecule has 1 aliphatic carbocycles. The van der Waals surface area contributed by atoms with Crippen LogP contribution in [0.5, 0.6) is 0 Å². The Hall–Kier alpha value is -2.19. The molecule has 1 aromatic heterocycles. The number of urea groups is 1. The molecule has 1 fully saturated rings. The highest BCUT2D eigenvalue weighted by molar-refractivity contribution is 5.87. The second-order valence-electron chi connectivity index (χ2n) is 4.25. The van der Waals surface area contributed by atoms with Gasteiger partial charge in [-0.1, -0.05) is 5.10 Å². The quantitative estimate of drug-likeness (QED) is 0.673. The molecule has 1 aromatic rings. The van der Waals surface area contributed by atoms with Crippen LogP contribution in [0.2, 0.25) is 0 Å². The normalized spacial score (nSPS) is 22.7. The number of aliphatic carboxylic acids is 1. The summed E-state index contributed by atoms with van der Waals surface area (Å²) in [4.78, 5) is 23.6. The number of aryl methyl sites for hydroxylation is 1. The molecule has 0 spiro atoms. The number of carbonyl (C=O) groups excluding carboxylic acids is 1. The van der Waals surface area contributed by atoms with E-state index in [1.807, 2.05) is 0 Å². The fourth-order valence-corrected chi connectivity index (χ4v) is 1.99. The third kappa shape index (κ3) is 2.93. The van der Waals surface area contributed by atoms with Gasteiger partial charge >= 0.3 is 12.0 Å². The minimum Gasteiger partial charge on any atom is -0.481 e. The molecular formula is C9H14N6O3. The van der Waals surface area contributed by atoms with Gasteiger partial charge in [0.25, 0.3) is 5.95 Å². The summed E-state index contributed by atoms with van der Waals surface area (Å²) >= 11 is 0. The van der Waals surface area contributed by atoms with Gasteiger partial charge in [0, 0.05) is 6.04 Å². The molecule has 1 saturated carbocycles. The van der Waals surface area contributed by atoms with Gasteiger partial charge in [0.2, 0.25) is 0 Å². The van der Waals surface area contributed by atoms with Crippen molar-refractivity contribution in [3.05, 3.63) is 0 Å². The van der Waals surface area contributed by atoms with Crippen LogP contribution in [0.25, 0.3) is 0 Å². The molecule has 2 rings (SSSR count). The summed E-state index contributed by atoms with van der Waals surface area (Å²) in [6, 6.07) is -0.568. The molecular weight excluding hydrogens is 240 g/mol. The van der Waals surface area contributed by atoms with Crippen molar-refractivity contribution in [2.75, 3.05) is 5.32 Å². The first kappa shape index (κ1) is 12.3. The number of carbonyl (C=O) groups is 2. The highest BCUT2D eigenvalue weighted by Crippen LogP contribution is 2.25. The fourth-order valence-electron chi connectivity index (χ4n) is 1.99. The average Bonchev–Trinajstić information content (AvgIpc) is 2.88. The number of carboxylic acids is 1. The largest absolute Gasteiger partial charge is 0.481 e. The lowest BCUT2D eigenvalue weighted by Crippen LogP contribution is -2.37. The van der Waals surface area contributed by atoms with Crippen molar-refractivity contribution in [1.29, 1.82) is 0 Å². The Bertz CT molecular complexity index is 459. The van der Waals surface area contributed by atoms with Crippen molar-refractivity contribution < 1.29 is 14.7 Å². The molecule has 9 heteroatoms. The van der Waals surface area contributed by atoms with Crippen LogP contribution in [0.1, 0.15) is 19.3 Å². The minimum atomic E-state index is -0.810. The van der Waals surface area contributed by atoms with Crippen LogP contribution >= 0.6 is 0 Å². The summed E-state index contributed by atoms with van der Waals surface area (Å²) in [5.41, 5.74) is 0. The van der Waals surface area contributed by atoms with Gasteiger partial charge in [-0.15, -0.1) is 5.10 Å². The van der Waals surface area contributed by atoms with Crippen LogP contribution in [0.4, 0.5) is 10.7 Å². The molecule has 18 heavy (non-hydrogen) atoms. The molecule has 0 saturated heterocycles. The third-order valence-corrected chi connectivity index (χ3v) is 2.85. The Balaban J connectivity index is 1.80. The van der Waals surface area contributed by atoms with Crippen molar-refractivity contribution >= 4 is 17.9 Å². The van der Waals surface area contributed by atoms with Gasteiger partial charge < -0.3 is 10.4 Å². The van der Waals surface area contributed by atoms with E-state index in [1.165, 1.54) is 4.80 Å². The van der Waals surface area contributed by atoms with Crippen molar-refractivity contribution in [3.63, 3.8) is 0 Å². The van der Waals surface area contributed by atoms with Gasteiger partial charge in [-0.05, 0) is 24.5 Å². The highest BCUT2D eigenvalue weighted by atomic mass is 16.4. The number of tetrazole rings is 1. The first-order valence-electron chi connectivity index (χ1n) is 5.59. The molecule has 1 heterocycles. The maximum absolute atomic E-state index is 11.6. The first-order chi connectivity index (χ1) is 8.54. The van der Waals surface area contributed by atoms with E-state index in [2.05, 4.69) is 26.0 Å². The summed E-state index contributed by atoms with van der Waals surface area (Å²) in [6.45, 7) is 0. The zero-order valence-corrected chi connectivity index (χ0v) is 9.83. The summed E-state index contributed by atoms with van der Waals surface area (Å²) < 4.78 is 0. The van der Waals surface area contributed by atoms with Gasteiger partial charge in [0.05, 0.1) is 13.0 Å². The lowest BCUT2D eigenvalue weighted by Gasteiger charge is -2.11. The van der Waals surface area contributed by atoms with E-state index in [9.17, 15) is 9.59 Å². The van der Waals surface area contributed by atoms with Crippen molar-refractivity contribution in [2.45, 2.75) is 25.3 Å². The summed E-state index contributed by atoms with van der Waals surface area (Å²) in [6.07, 6.45) is 1.71. The van der Waals surface area contributed by atoms with Crippen LogP contribution in [0.3, 0.4) is 0 Å². The number of aromatic nitrogens is 4. The lowest BCUT2D eigenvalue weighted by molar-refractivity contribution is -0.141. The molecule has 2 amide bonds. The van der Waals surface area contributed by atoms with E-state index < -0.39 is 12.0 Å². The molecule has 0 radical (unpaired) electrons. The number of amides is 2. The van der Waals surface area contributed by atoms with Gasteiger partial charge in [-0.25, -0.2) is 4.79 Å². The highest BCUT2D eigenvalue weighted by Gasteiger charge is 2.30. The molecule has 9 nitrogen and oxygen atoms in total. The third-order valence-electron chi connectivity index (χ3n) is 2.85. The molecule has 2 unspecified atom stereocenters. The molecule has 0 aromatic carbocycles. The number of hydrogen-bond donors (Lipinski definition) is 3. The Morgan fingerprint density at radius 2 is 2.22 bits per heavy atom. The van der Waals surface area contributed by atoms with Gasteiger partial charge in [0.1, 0.15) is 0 Å². The first-order valence-corrected chi connectivity index (χ1v) is 5.59. The number of nitrogens with one attached hydrogen (secondary N) is 2. The topological polar surface area (TPSA) is 122 Å². The predicted molar refractivity (Wildman–Crippen MR) is 59.7 cm³/mol. The van der Waals surface area contributed by atoms with E-state index in [4.69, 9.17) is 5.11 Å². The number of anilines is 1. The maximum atomic E-state index is 11.6. The van der Waals surface area contributed by atoms with Crippen molar-refractivity contribution in [2.24, 2.45) is 13.0 Å². The Morgan fingerprint density at radius 3 is 2.78 bits per heavy atom. The summed E-state index contributed by atoms with van der Waals surface area (Å²) in [5.74, 6) is -1.07. The van der Waals surface area contributed by atoms with E-state index in [-0.39, 0.29) is 17.9 Å². The number of hydrogen-bond acceptors (Lipinski definition) is 5. The Kier molecular flexibility index (Phi) is 3.40. The van der Waals surface area contributed by atoms with Crippen LogP contribution in [0, 0.1) is 5.92 Å². The monoisotopic (exact) mass is 254 g/mol. The van der Waals surface area contributed by atoms with Crippen LogP contribution in [-0.2, 0) is 11.8 Å². The molecule has 2 atom stereocenters. The second kappa shape index (κ2) is 4.98. The Morgan fingerprint density at radius 1 is 1.44 bits per heavy atom. The number of rotatable bonds is 3. The molecule has 0 bridgehead atoms. The number of nitrogens with zero attached hydrogens (tertiary/aromatic N) is 4. The zero-order valence-electron chi connectivity index (χ0n) is 9.83. The van der Waals surface area contributed by atoms with Crippen molar-refractivity contribution in [1.82, 2.24) is 25.5 Å². The minimum absolute atomic E-state index is 0.114. The Labute approximate surface area is 103 Å². The SMILES string of the molecule is Cn1nnc(NC(=O)NC2CCC(C(=O)O)C2)n1. The maximum Gasteiger partial charge on any atom is 0.321 e. The van der Waals surface area contributed by atoms with E-state index in [0.29, 0.717) is 19.3 Å². The van der Waals surface area contributed by atoms with Gasteiger partial charge in [0.15, 0.2) is 0 Å². The molecule has 3 N–H and O–H groups in total. The second-order valence-corrected chi connectivity index (χ2v) is 4.25. The van der Waals surface area contributed by atoms with Gasteiger partial charge in [-0.3, -0.25) is 10.1 Å². The van der Waals surface area contributed by atoms with Crippen molar-refractivity contribution in [3.8, 4) is 0 Å².